The van der Waals surface area contributed by atoms with Crippen molar-refractivity contribution in [1.82, 2.24) is 4.90 Å². The quantitative estimate of drug-likeness (QED) is 0.865. The van der Waals surface area contributed by atoms with E-state index < -0.39 is 0 Å². The zero-order valence-electron chi connectivity index (χ0n) is 11.9. The van der Waals surface area contributed by atoms with Crippen molar-refractivity contribution < 1.29 is 9.53 Å². The first-order valence-electron chi connectivity index (χ1n) is 7.59. The summed E-state index contributed by atoms with van der Waals surface area (Å²) in [7, 11) is 0. The maximum absolute atomic E-state index is 11.4. The van der Waals surface area contributed by atoms with E-state index in [1.165, 1.54) is 5.39 Å². The van der Waals surface area contributed by atoms with Crippen LogP contribution in [0.1, 0.15) is 6.42 Å². The number of hydrogen-bond donors (Lipinski definition) is 0. The fraction of sp³-hybridized carbons (Fsp3) is 0.389. The van der Waals surface area contributed by atoms with Gasteiger partial charge in [0.15, 0.2) is 0 Å². The van der Waals surface area contributed by atoms with Crippen LogP contribution in [0, 0.1) is 11.8 Å². The zero-order valence-corrected chi connectivity index (χ0v) is 11.9. The summed E-state index contributed by atoms with van der Waals surface area (Å²) >= 11 is 0. The summed E-state index contributed by atoms with van der Waals surface area (Å²) in [6.07, 6.45) is 3.27. The standard InChI is InChI=1S/C18H18NO2/c20-12-16-14-8-9-19(10-14)11-18(16)21-17-7-3-5-13-4-1-2-6-15(13)17/h1-7,14,16,18H,8-11H2. The van der Waals surface area contributed by atoms with Crippen LogP contribution in [0.5, 0.6) is 5.75 Å². The van der Waals surface area contributed by atoms with Crippen LogP contribution in [0.3, 0.4) is 0 Å². The van der Waals surface area contributed by atoms with Gasteiger partial charge >= 0.3 is 0 Å². The molecule has 21 heavy (non-hydrogen) atoms. The summed E-state index contributed by atoms with van der Waals surface area (Å²) in [5.74, 6) is 1.19. The third-order valence-corrected chi connectivity index (χ3v) is 4.82. The van der Waals surface area contributed by atoms with Gasteiger partial charge in [0.05, 0.1) is 5.92 Å². The van der Waals surface area contributed by atoms with Crippen LogP contribution >= 0.6 is 0 Å². The molecule has 0 saturated carbocycles. The van der Waals surface area contributed by atoms with Gasteiger partial charge in [0, 0.05) is 18.5 Å². The number of fused-ring (bicyclic) bond motifs is 3. The van der Waals surface area contributed by atoms with E-state index in [2.05, 4.69) is 29.4 Å². The van der Waals surface area contributed by atoms with Gasteiger partial charge in [0.1, 0.15) is 11.9 Å². The number of carbonyl (C=O) groups excluding carboxylic acids is 1. The first kappa shape index (κ1) is 12.8. The Labute approximate surface area is 124 Å². The van der Waals surface area contributed by atoms with Crippen LogP contribution < -0.4 is 4.74 Å². The van der Waals surface area contributed by atoms with Gasteiger partial charge in [0.2, 0.25) is 6.29 Å². The van der Waals surface area contributed by atoms with Crippen LogP contribution in [-0.4, -0.2) is 36.9 Å². The highest BCUT2D eigenvalue weighted by Gasteiger charge is 2.42. The summed E-state index contributed by atoms with van der Waals surface area (Å²) in [5, 5.41) is 2.28. The second-order valence-electron chi connectivity index (χ2n) is 6.09. The molecule has 0 N–H and O–H groups in total. The van der Waals surface area contributed by atoms with E-state index in [1.54, 1.807) is 0 Å². The second kappa shape index (κ2) is 5.15. The second-order valence-corrected chi connectivity index (χ2v) is 6.09. The molecule has 2 aliphatic heterocycles. The van der Waals surface area contributed by atoms with Crippen LogP contribution in [-0.2, 0) is 4.79 Å². The monoisotopic (exact) mass is 280 g/mol. The number of benzene rings is 2. The molecule has 0 aliphatic carbocycles. The van der Waals surface area contributed by atoms with E-state index in [9.17, 15) is 4.79 Å². The van der Waals surface area contributed by atoms with Gasteiger partial charge in [-0.15, -0.1) is 0 Å². The van der Waals surface area contributed by atoms with Crippen molar-refractivity contribution in [3.63, 3.8) is 0 Å². The Morgan fingerprint density at radius 2 is 1.95 bits per heavy atom. The maximum atomic E-state index is 11.4. The molecule has 2 aromatic rings. The average molecular weight is 280 g/mol. The van der Waals surface area contributed by atoms with E-state index in [0.29, 0.717) is 5.92 Å². The third-order valence-electron chi connectivity index (χ3n) is 4.82. The molecule has 2 bridgehead atoms. The lowest BCUT2D eigenvalue weighted by Gasteiger charge is -2.34. The van der Waals surface area contributed by atoms with E-state index in [4.69, 9.17) is 4.74 Å². The minimum atomic E-state index is -0.0947. The fourth-order valence-corrected chi connectivity index (χ4v) is 3.74. The molecule has 4 unspecified atom stereocenters. The van der Waals surface area contributed by atoms with Crippen molar-refractivity contribution in [3.05, 3.63) is 42.5 Å². The Kier molecular flexibility index (Phi) is 3.15. The van der Waals surface area contributed by atoms with Gasteiger partial charge in [0.25, 0.3) is 0 Å². The molecule has 4 atom stereocenters. The molecule has 0 spiro atoms. The Morgan fingerprint density at radius 1 is 1.10 bits per heavy atom. The van der Waals surface area contributed by atoms with Crippen molar-refractivity contribution in [2.75, 3.05) is 19.6 Å². The van der Waals surface area contributed by atoms with Gasteiger partial charge in [-0.3, -0.25) is 9.69 Å². The molecular formula is C18H18NO2. The molecule has 2 heterocycles. The number of hydrogen-bond acceptors (Lipinski definition) is 3. The van der Waals surface area contributed by atoms with E-state index >= 15 is 0 Å². The number of piperidine rings is 1. The van der Waals surface area contributed by atoms with Gasteiger partial charge in [-0.2, -0.15) is 0 Å². The van der Waals surface area contributed by atoms with Crippen molar-refractivity contribution in [1.29, 1.82) is 0 Å². The summed E-state index contributed by atoms with van der Waals surface area (Å²) < 4.78 is 6.25. The number of nitrogens with zero attached hydrogens (tertiary/aromatic N) is 1. The van der Waals surface area contributed by atoms with Gasteiger partial charge in [-0.05, 0) is 30.3 Å². The van der Waals surface area contributed by atoms with Crippen molar-refractivity contribution in [2.45, 2.75) is 12.5 Å². The van der Waals surface area contributed by atoms with E-state index in [0.717, 1.165) is 37.2 Å². The highest BCUT2D eigenvalue weighted by molar-refractivity contribution is 5.88. The minimum Gasteiger partial charge on any atom is -0.488 e. The normalized spacial score (nSPS) is 31.2. The first-order valence-corrected chi connectivity index (χ1v) is 7.59. The van der Waals surface area contributed by atoms with Crippen LogP contribution in [0.25, 0.3) is 10.8 Å². The van der Waals surface area contributed by atoms with E-state index in [-0.39, 0.29) is 12.0 Å². The summed E-state index contributed by atoms with van der Waals surface area (Å²) in [6.45, 7) is 2.94. The molecule has 107 valence electrons. The Hall–Kier alpha value is -1.87. The molecule has 0 amide bonds. The molecule has 2 fully saturated rings. The van der Waals surface area contributed by atoms with Crippen molar-refractivity contribution in [2.24, 2.45) is 11.8 Å². The summed E-state index contributed by atoms with van der Waals surface area (Å²) in [4.78, 5) is 13.8. The van der Waals surface area contributed by atoms with Gasteiger partial charge in [-0.25, -0.2) is 0 Å². The summed E-state index contributed by atoms with van der Waals surface area (Å²) in [5.41, 5.74) is 0. The zero-order chi connectivity index (χ0) is 14.2. The largest absolute Gasteiger partial charge is 0.488 e. The molecule has 2 aromatic carbocycles. The third kappa shape index (κ3) is 2.22. The topological polar surface area (TPSA) is 29.5 Å². The molecular weight excluding hydrogens is 262 g/mol. The van der Waals surface area contributed by atoms with Crippen LogP contribution in [0.2, 0.25) is 0 Å². The lowest BCUT2D eigenvalue weighted by atomic mass is 9.86. The molecule has 0 aromatic heterocycles. The smallest absolute Gasteiger partial charge is 0.205 e. The van der Waals surface area contributed by atoms with Crippen LogP contribution in [0.4, 0.5) is 0 Å². The SMILES string of the molecule is O=[C]C1C2CCN(C2)CC1Oc1cccc2ccccc12. The first-order chi connectivity index (χ1) is 10.3. The Balaban J connectivity index is 1.66. The average Bonchev–Trinajstić information content (AvgIpc) is 2.90. The predicted octanol–water partition coefficient (Wildman–Crippen LogP) is 2.65. The molecule has 3 nitrogen and oxygen atoms in total. The molecule has 2 saturated heterocycles. The Bertz CT molecular complexity index is 664. The maximum Gasteiger partial charge on any atom is 0.205 e. The minimum absolute atomic E-state index is 0.0745. The van der Waals surface area contributed by atoms with Crippen LogP contribution in [0.15, 0.2) is 42.5 Å². The number of ether oxygens (including phenoxy) is 1. The highest BCUT2D eigenvalue weighted by atomic mass is 16.5. The summed E-state index contributed by atoms with van der Waals surface area (Å²) in [6, 6.07) is 14.3. The molecule has 3 heteroatoms. The lowest BCUT2D eigenvalue weighted by Crippen LogP contribution is -2.47. The van der Waals surface area contributed by atoms with Gasteiger partial charge < -0.3 is 4.74 Å². The molecule has 1 radical (unpaired) electrons. The molecule has 2 aliphatic rings. The Morgan fingerprint density at radius 3 is 2.86 bits per heavy atom. The van der Waals surface area contributed by atoms with Gasteiger partial charge in [-0.1, -0.05) is 36.4 Å². The lowest BCUT2D eigenvalue weighted by molar-refractivity contribution is 0.0696. The highest BCUT2D eigenvalue weighted by Crippen LogP contribution is 2.35. The van der Waals surface area contributed by atoms with E-state index in [1.807, 2.05) is 24.3 Å². The predicted molar refractivity (Wildman–Crippen MR) is 82.1 cm³/mol. The van der Waals surface area contributed by atoms with Crippen molar-refractivity contribution >= 4 is 17.1 Å². The van der Waals surface area contributed by atoms with Crippen molar-refractivity contribution in [3.8, 4) is 5.75 Å². The molecule has 4 rings (SSSR count). The fourth-order valence-electron chi connectivity index (χ4n) is 3.74. The number of rotatable bonds is 3.